The van der Waals surface area contributed by atoms with Crippen LogP contribution in [0.15, 0.2) is 0 Å². The van der Waals surface area contributed by atoms with Crippen molar-refractivity contribution in [1.29, 1.82) is 0 Å². The van der Waals surface area contributed by atoms with E-state index >= 15 is 0 Å². The Bertz CT molecular complexity index is 449. The van der Waals surface area contributed by atoms with Gasteiger partial charge in [-0.05, 0) is 25.2 Å². The van der Waals surface area contributed by atoms with Gasteiger partial charge in [0.25, 0.3) is 0 Å². The molecular weight excluding hydrogens is 284 g/mol. The van der Waals surface area contributed by atoms with Gasteiger partial charge in [-0.15, -0.1) is 0 Å². The van der Waals surface area contributed by atoms with Crippen LogP contribution >= 0.6 is 0 Å². The van der Waals surface area contributed by atoms with Crippen molar-refractivity contribution in [1.82, 2.24) is 10.2 Å². The molecule has 2 amide bonds. The maximum Gasteiger partial charge on any atom is 0.317 e. The lowest BCUT2D eigenvalue weighted by Crippen LogP contribution is -2.46. The van der Waals surface area contributed by atoms with Crippen molar-refractivity contribution in [3.63, 3.8) is 0 Å². The first-order valence-electron chi connectivity index (χ1n) is 6.70. The van der Waals surface area contributed by atoms with E-state index in [1.807, 2.05) is 0 Å². The van der Waals surface area contributed by atoms with Gasteiger partial charge >= 0.3 is 12.0 Å². The largest absolute Gasteiger partial charge is 0.481 e. The molecule has 8 heteroatoms. The van der Waals surface area contributed by atoms with Crippen LogP contribution in [0.4, 0.5) is 4.79 Å². The Kier molecular flexibility index (Phi) is 6.25. The number of carbonyl (C=O) groups excluding carboxylic acids is 1. The van der Waals surface area contributed by atoms with Crippen LogP contribution in [0.3, 0.4) is 0 Å². The van der Waals surface area contributed by atoms with E-state index in [1.165, 1.54) is 0 Å². The molecule has 0 saturated carbocycles. The van der Waals surface area contributed by atoms with Gasteiger partial charge in [-0.25, -0.2) is 13.2 Å². The summed E-state index contributed by atoms with van der Waals surface area (Å²) in [5.41, 5.74) is 0. The molecule has 0 aromatic carbocycles. The first-order valence-corrected chi connectivity index (χ1v) is 8.76. The lowest BCUT2D eigenvalue weighted by atomic mass is 9.95. The molecule has 7 nitrogen and oxygen atoms in total. The summed E-state index contributed by atoms with van der Waals surface area (Å²) in [5.74, 6) is -0.789. The van der Waals surface area contributed by atoms with Crippen LogP contribution < -0.4 is 5.32 Å². The molecule has 0 spiro atoms. The van der Waals surface area contributed by atoms with Crippen molar-refractivity contribution in [3.8, 4) is 0 Å². The molecule has 1 saturated heterocycles. The standard InChI is InChI=1S/C12H22N2O5S/c1-20(18,19)7-3-5-13-12(17)14-6-2-4-10(9-14)8-11(15)16/h10H,2-9H2,1H3,(H,13,17)(H,15,16). The molecule has 1 fully saturated rings. The van der Waals surface area contributed by atoms with Crippen LogP contribution in [-0.4, -0.2) is 62.1 Å². The molecule has 20 heavy (non-hydrogen) atoms. The van der Waals surface area contributed by atoms with Gasteiger partial charge in [0.15, 0.2) is 0 Å². The normalized spacial score (nSPS) is 19.6. The fraction of sp³-hybridized carbons (Fsp3) is 0.833. The number of hydrogen-bond donors (Lipinski definition) is 2. The number of urea groups is 1. The molecule has 1 unspecified atom stereocenters. The van der Waals surface area contributed by atoms with Crippen molar-refractivity contribution >= 4 is 21.8 Å². The Morgan fingerprint density at radius 3 is 2.70 bits per heavy atom. The summed E-state index contributed by atoms with van der Waals surface area (Å²) in [6.07, 6.45) is 3.25. The molecule has 1 aliphatic rings. The highest BCUT2D eigenvalue weighted by Gasteiger charge is 2.24. The minimum absolute atomic E-state index is 0.00280. The number of nitrogens with zero attached hydrogens (tertiary/aromatic N) is 1. The predicted octanol–water partition coefficient (Wildman–Crippen LogP) is 0.317. The van der Waals surface area contributed by atoms with E-state index in [2.05, 4.69) is 5.32 Å². The van der Waals surface area contributed by atoms with Crippen LogP contribution in [0.1, 0.15) is 25.7 Å². The van der Waals surface area contributed by atoms with E-state index in [-0.39, 0.29) is 24.1 Å². The molecule has 1 rings (SSSR count). The van der Waals surface area contributed by atoms with Crippen LogP contribution in [-0.2, 0) is 14.6 Å². The van der Waals surface area contributed by atoms with Gasteiger partial charge in [0.1, 0.15) is 9.84 Å². The number of rotatable bonds is 6. The maximum absolute atomic E-state index is 11.9. The van der Waals surface area contributed by atoms with Crippen LogP contribution in [0, 0.1) is 5.92 Å². The summed E-state index contributed by atoms with van der Waals surface area (Å²) in [4.78, 5) is 24.2. The van der Waals surface area contributed by atoms with Crippen molar-refractivity contribution in [2.45, 2.75) is 25.7 Å². The Morgan fingerprint density at radius 1 is 1.40 bits per heavy atom. The fourth-order valence-electron chi connectivity index (χ4n) is 2.30. The number of nitrogens with one attached hydrogen (secondary N) is 1. The third-order valence-corrected chi connectivity index (χ3v) is 4.27. The third-order valence-electron chi connectivity index (χ3n) is 3.24. The summed E-state index contributed by atoms with van der Waals surface area (Å²) in [7, 11) is -3.00. The van der Waals surface area contributed by atoms with Crippen LogP contribution in [0.5, 0.6) is 0 Å². The summed E-state index contributed by atoms with van der Waals surface area (Å²) in [5, 5.41) is 11.4. The highest BCUT2D eigenvalue weighted by Crippen LogP contribution is 2.19. The monoisotopic (exact) mass is 306 g/mol. The highest BCUT2D eigenvalue weighted by molar-refractivity contribution is 7.90. The SMILES string of the molecule is CS(=O)(=O)CCCNC(=O)N1CCCC(CC(=O)O)C1. The lowest BCUT2D eigenvalue weighted by Gasteiger charge is -2.32. The summed E-state index contributed by atoms with van der Waals surface area (Å²) in [6, 6.07) is -0.242. The van der Waals surface area contributed by atoms with Crippen LogP contribution in [0.2, 0.25) is 0 Å². The zero-order valence-electron chi connectivity index (χ0n) is 11.7. The van der Waals surface area contributed by atoms with E-state index in [0.29, 0.717) is 26.1 Å². The van der Waals surface area contributed by atoms with E-state index in [0.717, 1.165) is 19.1 Å². The minimum Gasteiger partial charge on any atom is -0.481 e. The first-order chi connectivity index (χ1) is 9.28. The molecule has 2 N–H and O–H groups in total. The number of carboxylic acids is 1. The number of aliphatic carboxylic acids is 1. The second-order valence-electron chi connectivity index (χ2n) is 5.27. The zero-order chi connectivity index (χ0) is 15.2. The Balaban J connectivity index is 2.30. The number of carboxylic acid groups (broad SMARTS) is 1. The van der Waals surface area contributed by atoms with Gasteiger partial charge in [0.2, 0.25) is 0 Å². The molecule has 1 aliphatic heterocycles. The van der Waals surface area contributed by atoms with Gasteiger partial charge in [0.05, 0.1) is 5.75 Å². The first kappa shape index (κ1) is 16.7. The fourth-order valence-corrected chi connectivity index (χ4v) is 2.97. The molecule has 0 aromatic heterocycles. The summed E-state index contributed by atoms with van der Waals surface area (Å²) in [6.45, 7) is 1.38. The van der Waals surface area contributed by atoms with E-state index in [4.69, 9.17) is 5.11 Å². The molecule has 0 aliphatic carbocycles. The van der Waals surface area contributed by atoms with Gasteiger partial charge in [-0.2, -0.15) is 0 Å². The molecular formula is C12H22N2O5S. The van der Waals surface area contributed by atoms with Gasteiger partial charge in [-0.1, -0.05) is 0 Å². The van der Waals surface area contributed by atoms with Crippen molar-refractivity contribution in [3.05, 3.63) is 0 Å². The number of piperidine rings is 1. The average molecular weight is 306 g/mol. The van der Waals surface area contributed by atoms with E-state index in [1.54, 1.807) is 4.90 Å². The molecule has 1 heterocycles. The number of hydrogen-bond acceptors (Lipinski definition) is 4. The number of sulfone groups is 1. The third kappa shape index (κ3) is 6.74. The molecule has 1 atom stereocenters. The topological polar surface area (TPSA) is 104 Å². The predicted molar refractivity (Wildman–Crippen MR) is 74.3 cm³/mol. The van der Waals surface area contributed by atoms with Crippen LogP contribution in [0.25, 0.3) is 0 Å². The number of likely N-dealkylation sites (tertiary alicyclic amines) is 1. The Labute approximate surface area is 119 Å². The quantitative estimate of drug-likeness (QED) is 0.688. The molecule has 0 bridgehead atoms. The smallest absolute Gasteiger partial charge is 0.317 e. The number of carbonyl (C=O) groups is 2. The Hall–Kier alpha value is -1.31. The summed E-state index contributed by atoms with van der Waals surface area (Å²) < 4.78 is 21.9. The summed E-state index contributed by atoms with van der Waals surface area (Å²) >= 11 is 0. The molecule has 0 radical (unpaired) electrons. The van der Waals surface area contributed by atoms with Crippen molar-refractivity contribution in [2.24, 2.45) is 5.92 Å². The zero-order valence-corrected chi connectivity index (χ0v) is 12.5. The van der Waals surface area contributed by atoms with Gasteiger partial charge in [0, 0.05) is 32.3 Å². The van der Waals surface area contributed by atoms with Crippen molar-refractivity contribution in [2.75, 3.05) is 31.6 Å². The van der Waals surface area contributed by atoms with E-state index in [9.17, 15) is 18.0 Å². The number of amides is 2. The molecule has 0 aromatic rings. The molecule has 116 valence electrons. The maximum atomic E-state index is 11.9. The van der Waals surface area contributed by atoms with Gasteiger partial charge in [-0.3, -0.25) is 4.79 Å². The second-order valence-corrected chi connectivity index (χ2v) is 7.53. The van der Waals surface area contributed by atoms with Crippen molar-refractivity contribution < 1.29 is 23.1 Å². The highest BCUT2D eigenvalue weighted by atomic mass is 32.2. The van der Waals surface area contributed by atoms with Gasteiger partial charge < -0.3 is 15.3 Å². The van der Waals surface area contributed by atoms with E-state index < -0.39 is 15.8 Å². The second kappa shape index (κ2) is 7.47. The lowest BCUT2D eigenvalue weighted by molar-refractivity contribution is -0.138. The Morgan fingerprint density at radius 2 is 2.10 bits per heavy atom. The minimum atomic E-state index is -3.00. The average Bonchev–Trinajstić information content (AvgIpc) is 2.32.